The topological polar surface area (TPSA) is 90.5 Å². The summed E-state index contributed by atoms with van der Waals surface area (Å²) in [4.78, 5) is 21.7. The molecule has 6 rings (SSSR count). The molecule has 4 heterocycles. The van der Waals surface area contributed by atoms with E-state index in [2.05, 4.69) is 15.3 Å². The molecule has 10 nitrogen and oxygen atoms in total. The van der Waals surface area contributed by atoms with Crippen molar-refractivity contribution in [2.24, 2.45) is 0 Å². The summed E-state index contributed by atoms with van der Waals surface area (Å²) in [5, 5.41) is 9.03. The third-order valence-electron chi connectivity index (χ3n) is 7.59. The van der Waals surface area contributed by atoms with E-state index in [0.717, 1.165) is 17.2 Å². The smallest absolute Gasteiger partial charge is 0.418 e. The van der Waals surface area contributed by atoms with Crippen molar-refractivity contribution in [3.63, 3.8) is 0 Å². The van der Waals surface area contributed by atoms with Crippen molar-refractivity contribution in [1.82, 2.24) is 29.4 Å². The molecular weight excluding hydrogens is 563 g/mol. The van der Waals surface area contributed by atoms with E-state index in [0.29, 0.717) is 61.7 Å². The van der Waals surface area contributed by atoms with Crippen LogP contribution in [0.15, 0.2) is 59.5 Å². The molecule has 0 radical (unpaired) electrons. The van der Waals surface area contributed by atoms with E-state index in [1.54, 1.807) is 27.8 Å². The van der Waals surface area contributed by atoms with Gasteiger partial charge in [-0.3, -0.25) is 4.79 Å². The van der Waals surface area contributed by atoms with Gasteiger partial charge in [0.05, 0.1) is 37.1 Å². The number of likely N-dealkylation sites (N-methyl/N-ethyl adjacent to an activating group) is 1. The molecule has 0 unspecified atom stereocenters. The molecule has 1 fully saturated rings. The Bertz CT molecular complexity index is 1840. The second-order valence-electron chi connectivity index (χ2n) is 10.6. The summed E-state index contributed by atoms with van der Waals surface area (Å²) in [6, 6.07) is 13.3. The lowest BCUT2D eigenvalue weighted by molar-refractivity contribution is -0.137. The normalized spacial score (nSPS) is 14.3. The third-order valence-corrected chi connectivity index (χ3v) is 7.59. The summed E-state index contributed by atoms with van der Waals surface area (Å²) in [6.07, 6.45) is -2.94. The average molecular weight is 594 g/mol. The van der Waals surface area contributed by atoms with E-state index in [9.17, 15) is 18.0 Å². The van der Waals surface area contributed by atoms with Gasteiger partial charge in [-0.05, 0) is 56.1 Å². The number of hydrogen-bond donors (Lipinski definition) is 0. The fourth-order valence-electron chi connectivity index (χ4n) is 5.38. The maximum atomic E-state index is 14.4. The highest BCUT2D eigenvalue weighted by Gasteiger charge is 2.36. The quantitative estimate of drug-likeness (QED) is 0.277. The van der Waals surface area contributed by atoms with Crippen LogP contribution in [0.1, 0.15) is 5.56 Å². The Morgan fingerprint density at radius 3 is 2.47 bits per heavy atom. The Hall–Kier alpha value is -4.49. The van der Waals surface area contributed by atoms with E-state index in [-0.39, 0.29) is 22.5 Å². The van der Waals surface area contributed by atoms with E-state index in [1.165, 1.54) is 17.9 Å². The molecule has 0 N–H and O–H groups in total. The number of methoxy groups -OCH3 is 1. The maximum Gasteiger partial charge on any atom is 0.418 e. The Labute approximate surface area is 244 Å². The highest BCUT2D eigenvalue weighted by atomic mass is 19.4. The summed E-state index contributed by atoms with van der Waals surface area (Å²) in [5.41, 5.74) is 1.69. The van der Waals surface area contributed by atoms with Crippen molar-refractivity contribution < 1.29 is 22.6 Å². The first-order valence-electron chi connectivity index (χ1n) is 13.8. The molecule has 0 bridgehead atoms. The number of benzene rings is 2. The molecule has 5 aromatic rings. The van der Waals surface area contributed by atoms with Gasteiger partial charge in [0.2, 0.25) is 5.88 Å². The SMILES string of the molecule is COc1ccc(-c2ccc3c(c2)c2c(nnn2-c2ccc(N4CCOCC4)c(C(F)(F)F)c2)c(=O)n3CCN(C)C)cn1. The van der Waals surface area contributed by atoms with Crippen molar-refractivity contribution in [2.75, 3.05) is 59.0 Å². The van der Waals surface area contributed by atoms with Crippen LogP contribution in [0.2, 0.25) is 0 Å². The Morgan fingerprint density at radius 1 is 1.02 bits per heavy atom. The molecule has 0 spiro atoms. The number of anilines is 1. The van der Waals surface area contributed by atoms with E-state index in [1.807, 2.05) is 43.3 Å². The first-order valence-corrected chi connectivity index (χ1v) is 13.8. The molecule has 1 saturated heterocycles. The zero-order valence-electron chi connectivity index (χ0n) is 23.9. The van der Waals surface area contributed by atoms with Crippen LogP contribution in [0.25, 0.3) is 38.8 Å². The van der Waals surface area contributed by atoms with Gasteiger partial charge in [0.25, 0.3) is 5.56 Å². The third kappa shape index (κ3) is 5.41. The number of fused-ring (bicyclic) bond motifs is 3. The molecule has 43 heavy (non-hydrogen) atoms. The van der Waals surface area contributed by atoms with Crippen LogP contribution in [0.4, 0.5) is 18.9 Å². The zero-order chi connectivity index (χ0) is 30.3. The predicted molar refractivity (Wildman–Crippen MR) is 157 cm³/mol. The molecule has 13 heteroatoms. The summed E-state index contributed by atoms with van der Waals surface area (Å²) in [5.74, 6) is 0.465. The van der Waals surface area contributed by atoms with Crippen LogP contribution in [-0.2, 0) is 17.5 Å². The van der Waals surface area contributed by atoms with Crippen LogP contribution < -0.4 is 15.2 Å². The average Bonchev–Trinajstić information content (AvgIpc) is 3.46. The van der Waals surface area contributed by atoms with Gasteiger partial charge in [-0.25, -0.2) is 9.67 Å². The number of ether oxygens (including phenoxy) is 2. The highest BCUT2D eigenvalue weighted by Crippen LogP contribution is 2.39. The van der Waals surface area contributed by atoms with Gasteiger partial charge < -0.3 is 23.8 Å². The number of hydrogen-bond acceptors (Lipinski definition) is 8. The monoisotopic (exact) mass is 593 g/mol. The van der Waals surface area contributed by atoms with Gasteiger partial charge in [0.15, 0.2) is 5.52 Å². The fraction of sp³-hybridized carbons (Fsp3) is 0.333. The lowest BCUT2D eigenvalue weighted by Crippen LogP contribution is -2.37. The van der Waals surface area contributed by atoms with E-state index < -0.39 is 11.7 Å². The second-order valence-corrected chi connectivity index (χ2v) is 10.6. The van der Waals surface area contributed by atoms with Crippen molar-refractivity contribution in [1.29, 1.82) is 0 Å². The molecule has 3 aromatic heterocycles. The summed E-state index contributed by atoms with van der Waals surface area (Å²) < 4.78 is 56.6. The van der Waals surface area contributed by atoms with Crippen LogP contribution in [0, 0.1) is 0 Å². The van der Waals surface area contributed by atoms with Gasteiger partial charge in [-0.15, -0.1) is 5.10 Å². The first kappa shape index (κ1) is 28.6. The minimum absolute atomic E-state index is 0.0714. The molecular formula is C30H30F3N7O3. The standard InChI is InChI=1S/C30H30F3N7O3/c1-37(2)10-11-39-24-7-4-19(20-5-9-26(42-3)34-18-20)16-22(24)28-27(29(39)41)35-36-40(28)21-6-8-25(23(17-21)30(31,32)33)38-12-14-43-15-13-38/h4-9,16-18H,10-15H2,1-3H3. The lowest BCUT2D eigenvalue weighted by atomic mass is 10.0. The lowest BCUT2D eigenvalue weighted by Gasteiger charge is -2.31. The second kappa shape index (κ2) is 11.3. The van der Waals surface area contributed by atoms with Crippen LogP contribution >= 0.6 is 0 Å². The molecule has 2 aromatic carbocycles. The molecule has 1 aliphatic rings. The van der Waals surface area contributed by atoms with Crippen LogP contribution in [-0.4, -0.2) is 83.5 Å². The molecule has 0 aliphatic carbocycles. The number of alkyl halides is 3. The van der Waals surface area contributed by atoms with Gasteiger partial charge in [0, 0.05) is 55.1 Å². The Kier molecular flexibility index (Phi) is 7.52. The molecule has 0 atom stereocenters. The molecule has 0 amide bonds. The minimum Gasteiger partial charge on any atom is -0.481 e. The number of halogens is 3. The van der Waals surface area contributed by atoms with Crippen LogP contribution in [0.5, 0.6) is 5.88 Å². The van der Waals surface area contributed by atoms with Crippen molar-refractivity contribution in [3.8, 4) is 22.7 Å². The van der Waals surface area contributed by atoms with Gasteiger partial charge in [0.1, 0.15) is 5.52 Å². The molecule has 0 saturated carbocycles. The predicted octanol–water partition coefficient (Wildman–Crippen LogP) is 4.22. The first-order chi connectivity index (χ1) is 20.7. The minimum atomic E-state index is -4.62. The fourth-order valence-corrected chi connectivity index (χ4v) is 5.38. The number of rotatable bonds is 7. The number of aromatic nitrogens is 5. The van der Waals surface area contributed by atoms with Crippen LogP contribution in [0.3, 0.4) is 0 Å². The summed E-state index contributed by atoms with van der Waals surface area (Å²) >= 11 is 0. The van der Waals surface area contributed by atoms with Crippen molar-refractivity contribution >= 4 is 27.6 Å². The Morgan fingerprint density at radius 2 is 1.79 bits per heavy atom. The van der Waals surface area contributed by atoms with Crippen molar-refractivity contribution in [2.45, 2.75) is 12.7 Å². The van der Waals surface area contributed by atoms with E-state index in [4.69, 9.17) is 9.47 Å². The number of nitrogens with zero attached hydrogens (tertiary/aromatic N) is 7. The van der Waals surface area contributed by atoms with Gasteiger partial charge >= 0.3 is 6.18 Å². The summed E-state index contributed by atoms with van der Waals surface area (Å²) in [7, 11) is 5.36. The number of morpholine rings is 1. The number of pyridine rings is 2. The van der Waals surface area contributed by atoms with E-state index >= 15 is 0 Å². The Balaban J connectivity index is 1.58. The summed E-state index contributed by atoms with van der Waals surface area (Å²) in [6.45, 7) is 2.40. The highest BCUT2D eigenvalue weighted by molar-refractivity contribution is 6.04. The maximum absolute atomic E-state index is 14.4. The molecule has 1 aliphatic heterocycles. The van der Waals surface area contributed by atoms with Gasteiger partial charge in [-0.1, -0.05) is 11.3 Å². The molecule has 224 valence electrons. The largest absolute Gasteiger partial charge is 0.481 e. The zero-order valence-corrected chi connectivity index (χ0v) is 23.9. The van der Waals surface area contributed by atoms with Gasteiger partial charge in [-0.2, -0.15) is 13.2 Å². The van der Waals surface area contributed by atoms with Crippen molar-refractivity contribution in [3.05, 3.63) is 70.6 Å².